The highest BCUT2D eigenvalue weighted by Gasteiger charge is 2.16. The first-order valence-corrected chi connectivity index (χ1v) is 6.69. The minimum atomic E-state index is 0.584. The highest BCUT2D eigenvalue weighted by Crippen LogP contribution is 2.19. The zero-order chi connectivity index (χ0) is 13.8. The van der Waals surface area contributed by atoms with Gasteiger partial charge in [0.25, 0.3) is 0 Å². The molecule has 0 spiro atoms. The largest absolute Gasteiger partial charge is 0.378 e. The number of morpholine rings is 1. The van der Waals surface area contributed by atoms with Crippen molar-refractivity contribution in [1.29, 1.82) is 0 Å². The molecule has 3 rings (SSSR count). The number of nitrogens with zero attached hydrogens (tertiary/aromatic N) is 4. The summed E-state index contributed by atoms with van der Waals surface area (Å²) in [6, 6.07) is 9.93. The van der Waals surface area contributed by atoms with Gasteiger partial charge in [0, 0.05) is 25.7 Å². The van der Waals surface area contributed by atoms with Crippen LogP contribution in [0.25, 0.3) is 11.4 Å². The van der Waals surface area contributed by atoms with E-state index in [1.807, 2.05) is 37.4 Å². The van der Waals surface area contributed by atoms with E-state index in [-0.39, 0.29) is 0 Å². The molecule has 20 heavy (non-hydrogen) atoms. The van der Waals surface area contributed by atoms with Gasteiger partial charge in [-0.05, 0) is 0 Å². The molecule has 0 saturated carbocycles. The summed E-state index contributed by atoms with van der Waals surface area (Å²) in [5.74, 6) is 1.97. The maximum absolute atomic E-state index is 5.36. The number of benzene rings is 1. The van der Waals surface area contributed by atoms with Gasteiger partial charge >= 0.3 is 0 Å². The molecule has 0 unspecified atom stereocenters. The molecule has 104 valence electrons. The molecule has 6 heteroatoms. The lowest BCUT2D eigenvalue weighted by Crippen LogP contribution is -2.37. The minimum Gasteiger partial charge on any atom is -0.378 e. The average molecular weight is 271 g/mol. The summed E-state index contributed by atoms with van der Waals surface area (Å²) in [4.78, 5) is 15.6. The fraction of sp³-hybridized carbons (Fsp3) is 0.357. The third-order valence-electron chi connectivity index (χ3n) is 3.17. The lowest BCUT2D eigenvalue weighted by atomic mass is 10.2. The van der Waals surface area contributed by atoms with Crippen LogP contribution >= 0.6 is 0 Å². The smallest absolute Gasteiger partial charge is 0.230 e. The fourth-order valence-corrected chi connectivity index (χ4v) is 2.10. The van der Waals surface area contributed by atoms with Gasteiger partial charge in [-0.2, -0.15) is 15.0 Å². The molecule has 2 aromatic rings. The lowest BCUT2D eigenvalue weighted by Gasteiger charge is -2.27. The second kappa shape index (κ2) is 5.83. The number of nitrogens with one attached hydrogen (secondary N) is 1. The number of anilines is 2. The number of hydrogen-bond donors (Lipinski definition) is 1. The van der Waals surface area contributed by atoms with E-state index in [9.17, 15) is 0 Å². The van der Waals surface area contributed by atoms with Crippen molar-refractivity contribution in [2.24, 2.45) is 0 Å². The molecule has 1 aliphatic rings. The average Bonchev–Trinajstić information content (AvgIpc) is 2.56. The summed E-state index contributed by atoms with van der Waals surface area (Å²) in [6.07, 6.45) is 0. The van der Waals surface area contributed by atoms with Gasteiger partial charge in [-0.3, -0.25) is 0 Å². The molecular weight excluding hydrogens is 254 g/mol. The van der Waals surface area contributed by atoms with E-state index in [0.717, 1.165) is 18.7 Å². The van der Waals surface area contributed by atoms with Crippen LogP contribution in [0.2, 0.25) is 0 Å². The molecule has 0 radical (unpaired) electrons. The molecule has 0 atom stereocenters. The Morgan fingerprint density at radius 3 is 2.50 bits per heavy atom. The quantitative estimate of drug-likeness (QED) is 0.911. The van der Waals surface area contributed by atoms with E-state index in [2.05, 4.69) is 25.2 Å². The van der Waals surface area contributed by atoms with Crippen LogP contribution in [0.4, 0.5) is 11.9 Å². The standard InChI is InChI=1S/C14H17N5O/c1-15-13-16-12(11-5-3-2-4-6-11)17-14(18-13)19-7-9-20-10-8-19/h2-6H,7-10H2,1H3,(H,15,16,17,18). The molecular formula is C14H17N5O. The Bertz CT molecular complexity index is 569. The molecule has 6 nitrogen and oxygen atoms in total. The maximum atomic E-state index is 5.36. The SMILES string of the molecule is CNc1nc(-c2ccccc2)nc(N2CCOCC2)n1. The van der Waals surface area contributed by atoms with Gasteiger partial charge in [0.2, 0.25) is 11.9 Å². The van der Waals surface area contributed by atoms with Crippen molar-refractivity contribution in [3.05, 3.63) is 30.3 Å². The molecule has 1 fully saturated rings. The van der Waals surface area contributed by atoms with Crippen LogP contribution in [0.1, 0.15) is 0 Å². The highest BCUT2D eigenvalue weighted by molar-refractivity contribution is 5.58. The first-order chi connectivity index (χ1) is 9.86. The van der Waals surface area contributed by atoms with Gasteiger partial charge in [0.1, 0.15) is 0 Å². The summed E-state index contributed by atoms with van der Waals surface area (Å²) in [7, 11) is 1.81. The van der Waals surface area contributed by atoms with Gasteiger partial charge in [0.05, 0.1) is 13.2 Å². The molecule has 1 aromatic carbocycles. The number of aromatic nitrogens is 3. The van der Waals surface area contributed by atoms with Crippen LogP contribution in [0.3, 0.4) is 0 Å². The summed E-state index contributed by atoms with van der Waals surface area (Å²) < 4.78 is 5.36. The van der Waals surface area contributed by atoms with Gasteiger partial charge in [-0.15, -0.1) is 0 Å². The summed E-state index contributed by atoms with van der Waals surface area (Å²) >= 11 is 0. The fourth-order valence-electron chi connectivity index (χ4n) is 2.10. The molecule has 1 aromatic heterocycles. The second-order valence-electron chi connectivity index (χ2n) is 4.50. The third-order valence-corrected chi connectivity index (χ3v) is 3.17. The highest BCUT2D eigenvalue weighted by atomic mass is 16.5. The van der Waals surface area contributed by atoms with E-state index >= 15 is 0 Å². The Morgan fingerprint density at radius 1 is 1.05 bits per heavy atom. The summed E-state index contributed by atoms with van der Waals surface area (Å²) in [6.45, 7) is 3.03. The lowest BCUT2D eigenvalue weighted by molar-refractivity contribution is 0.122. The second-order valence-corrected chi connectivity index (χ2v) is 4.50. The normalized spacial score (nSPS) is 15.2. The van der Waals surface area contributed by atoms with E-state index in [1.54, 1.807) is 0 Å². The Morgan fingerprint density at radius 2 is 1.80 bits per heavy atom. The Hall–Kier alpha value is -2.21. The Labute approximate surface area is 117 Å². The van der Waals surface area contributed by atoms with Crippen LogP contribution in [-0.4, -0.2) is 48.3 Å². The molecule has 1 N–H and O–H groups in total. The maximum Gasteiger partial charge on any atom is 0.230 e. The van der Waals surface area contributed by atoms with Crippen molar-refractivity contribution >= 4 is 11.9 Å². The summed E-state index contributed by atoms with van der Waals surface area (Å²) in [5, 5.41) is 3.00. The first kappa shape index (κ1) is 12.8. The Kier molecular flexibility index (Phi) is 3.73. The first-order valence-electron chi connectivity index (χ1n) is 6.69. The van der Waals surface area contributed by atoms with Crippen LogP contribution in [0, 0.1) is 0 Å². The number of hydrogen-bond acceptors (Lipinski definition) is 6. The molecule has 0 amide bonds. The van der Waals surface area contributed by atoms with Crippen LogP contribution in [-0.2, 0) is 4.74 Å². The van der Waals surface area contributed by atoms with Crippen LogP contribution in [0.15, 0.2) is 30.3 Å². The third kappa shape index (κ3) is 2.70. The number of ether oxygens (including phenoxy) is 1. The monoisotopic (exact) mass is 271 g/mol. The van der Waals surface area contributed by atoms with Crippen molar-refractivity contribution in [3.8, 4) is 11.4 Å². The Balaban J connectivity index is 1.98. The van der Waals surface area contributed by atoms with Gasteiger partial charge in [0.15, 0.2) is 5.82 Å². The molecule has 0 aliphatic carbocycles. The van der Waals surface area contributed by atoms with Crippen LogP contribution < -0.4 is 10.2 Å². The van der Waals surface area contributed by atoms with Gasteiger partial charge in [-0.1, -0.05) is 30.3 Å². The summed E-state index contributed by atoms with van der Waals surface area (Å²) in [5.41, 5.74) is 0.987. The molecule has 0 bridgehead atoms. The molecule has 2 heterocycles. The molecule has 1 saturated heterocycles. The van der Waals surface area contributed by atoms with E-state index in [0.29, 0.717) is 30.9 Å². The van der Waals surface area contributed by atoms with Gasteiger partial charge < -0.3 is 15.0 Å². The predicted octanol–water partition coefficient (Wildman–Crippen LogP) is 1.42. The van der Waals surface area contributed by atoms with Crippen LogP contribution in [0.5, 0.6) is 0 Å². The van der Waals surface area contributed by atoms with Crippen molar-refractivity contribution in [3.63, 3.8) is 0 Å². The minimum absolute atomic E-state index is 0.584. The zero-order valence-electron chi connectivity index (χ0n) is 11.4. The topological polar surface area (TPSA) is 63.2 Å². The van der Waals surface area contributed by atoms with Crippen molar-refractivity contribution < 1.29 is 4.74 Å². The van der Waals surface area contributed by atoms with E-state index in [4.69, 9.17) is 4.74 Å². The molecule has 1 aliphatic heterocycles. The van der Waals surface area contributed by atoms with Crippen molar-refractivity contribution in [2.75, 3.05) is 43.6 Å². The predicted molar refractivity (Wildman–Crippen MR) is 77.8 cm³/mol. The van der Waals surface area contributed by atoms with Crippen molar-refractivity contribution in [1.82, 2.24) is 15.0 Å². The van der Waals surface area contributed by atoms with Gasteiger partial charge in [-0.25, -0.2) is 0 Å². The van der Waals surface area contributed by atoms with Crippen molar-refractivity contribution in [2.45, 2.75) is 0 Å². The zero-order valence-corrected chi connectivity index (χ0v) is 11.4. The number of rotatable bonds is 3. The van der Waals surface area contributed by atoms with E-state index in [1.165, 1.54) is 0 Å². The van der Waals surface area contributed by atoms with E-state index < -0.39 is 0 Å².